The van der Waals surface area contributed by atoms with E-state index in [9.17, 15) is 4.79 Å². The second-order valence-corrected chi connectivity index (χ2v) is 5.62. The van der Waals surface area contributed by atoms with Gasteiger partial charge in [-0.3, -0.25) is 4.79 Å². The third-order valence-corrected chi connectivity index (χ3v) is 4.19. The van der Waals surface area contributed by atoms with Crippen LogP contribution in [0.3, 0.4) is 0 Å². The number of amides is 1. The molecule has 0 spiro atoms. The van der Waals surface area contributed by atoms with Crippen molar-refractivity contribution in [1.82, 2.24) is 15.5 Å². The summed E-state index contributed by atoms with van der Waals surface area (Å²) in [4.78, 5) is 13.9. The van der Waals surface area contributed by atoms with Crippen LogP contribution in [0.2, 0.25) is 0 Å². The second kappa shape index (κ2) is 6.47. The number of nitrogens with zero attached hydrogens (tertiary/aromatic N) is 1. The van der Waals surface area contributed by atoms with Crippen LogP contribution in [0.25, 0.3) is 0 Å². The van der Waals surface area contributed by atoms with E-state index in [1.165, 1.54) is 0 Å². The van der Waals surface area contributed by atoms with Crippen LogP contribution in [0.1, 0.15) is 12.8 Å². The van der Waals surface area contributed by atoms with E-state index in [1.807, 2.05) is 16.7 Å². The molecule has 0 saturated carbocycles. The van der Waals surface area contributed by atoms with E-state index >= 15 is 0 Å². The molecular formula is C11H21N3OS. The summed E-state index contributed by atoms with van der Waals surface area (Å²) in [5.41, 5.74) is 0. The van der Waals surface area contributed by atoms with Crippen molar-refractivity contribution in [2.45, 2.75) is 18.9 Å². The highest BCUT2D eigenvalue weighted by atomic mass is 32.2. The van der Waals surface area contributed by atoms with Crippen LogP contribution in [0.4, 0.5) is 0 Å². The number of rotatable bonds is 3. The third-order valence-electron chi connectivity index (χ3n) is 3.24. The maximum absolute atomic E-state index is 11.9. The Morgan fingerprint density at radius 2 is 2.00 bits per heavy atom. The molecule has 0 unspecified atom stereocenters. The molecule has 4 nitrogen and oxygen atoms in total. The lowest BCUT2D eigenvalue weighted by molar-refractivity contribution is -0.130. The zero-order valence-corrected chi connectivity index (χ0v) is 10.5. The average Bonchev–Trinajstić information content (AvgIpc) is 2.38. The Balaban J connectivity index is 1.65. The molecule has 2 rings (SSSR count). The molecule has 2 fully saturated rings. The summed E-state index contributed by atoms with van der Waals surface area (Å²) in [6.07, 6.45) is 2.28. The largest absolute Gasteiger partial charge is 0.340 e. The molecule has 2 saturated heterocycles. The van der Waals surface area contributed by atoms with Crippen molar-refractivity contribution < 1.29 is 4.79 Å². The lowest BCUT2D eigenvalue weighted by atomic mass is 10.1. The van der Waals surface area contributed by atoms with Crippen LogP contribution in [0, 0.1) is 0 Å². The van der Waals surface area contributed by atoms with E-state index in [4.69, 9.17) is 0 Å². The molecule has 0 aromatic heterocycles. The fourth-order valence-electron chi connectivity index (χ4n) is 2.18. The van der Waals surface area contributed by atoms with Crippen molar-refractivity contribution in [3.8, 4) is 0 Å². The molecule has 1 amide bonds. The molecule has 0 aromatic rings. The van der Waals surface area contributed by atoms with Crippen molar-refractivity contribution in [3.63, 3.8) is 0 Å². The highest BCUT2D eigenvalue weighted by Crippen LogP contribution is 2.09. The van der Waals surface area contributed by atoms with Crippen LogP contribution in [0.5, 0.6) is 0 Å². The van der Waals surface area contributed by atoms with Gasteiger partial charge in [0.05, 0.1) is 6.54 Å². The number of piperidine rings is 1. The Bertz CT molecular complexity index is 225. The van der Waals surface area contributed by atoms with Gasteiger partial charge >= 0.3 is 0 Å². The molecule has 92 valence electrons. The first-order valence-corrected chi connectivity index (χ1v) is 7.31. The van der Waals surface area contributed by atoms with Crippen molar-refractivity contribution in [3.05, 3.63) is 0 Å². The summed E-state index contributed by atoms with van der Waals surface area (Å²) in [5, 5.41) is 6.71. The van der Waals surface area contributed by atoms with Gasteiger partial charge in [0.2, 0.25) is 5.91 Å². The minimum Gasteiger partial charge on any atom is -0.340 e. The molecule has 0 radical (unpaired) electrons. The minimum absolute atomic E-state index is 0.277. The second-order valence-electron chi connectivity index (χ2n) is 4.40. The van der Waals surface area contributed by atoms with Gasteiger partial charge in [0.15, 0.2) is 0 Å². The van der Waals surface area contributed by atoms with Gasteiger partial charge in [0.1, 0.15) is 0 Å². The molecule has 0 atom stereocenters. The first kappa shape index (κ1) is 12.2. The van der Waals surface area contributed by atoms with Crippen LogP contribution in [-0.2, 0) is 4.79 Å². The minimum atomic E-state index is 0.277. The normalized spacial score (nSPS) is 23.4. The van der Waals surface area contributed by atoms with Gasteiger partial charge in [-0.2, -0.15) is 11.8 Å². The highest BCUT2D eigenvalue weighted by molar-refractivity contribution is 7.99. The predicted octanol–water partition coefficient (Wildman–Crippen LogP) is -0.0966. The number of thioether (sulfide) groups is 1. The predicted molar refractivity (Wildman–Crippen MR) is 67.8 cm³/mol. The molecule has 2 aliphatic heterocycles. The van der Waals surface area contributed by atoms with Gasteiger partial charge in [-0.05, 0) is 25.9 Å². The summed E-state index contributed by atoms with van der Waals surface area (Å²) < 4.78 is 0. The fourth-order valence-corrected chi connectivity index (χ4v) is 3.09. The zero-order chi connectivity index (χ0) is 11.2. The molecule has 0 aromatic carbocycles. The fraction of sp³-hybridized carbons (Fsp3) is 0.909. The van der Waals surface area contributed by atoms with Crippen molar-refractivity contribution >= 4 is 17.7 Å². The molecule has 5 heteroatoms. The first-order chi connectivity index (χ1) is 7.86. The lowest BCUT2D eigenvalue weighted by Crippen LogP contribution is -2.47. The standard InChI is InChI=1S/C11H21N3OS/c15-11(14-5-7-16-8-6-14)9-13-10-1-3-12-4-2-10/h10,12-13H,1-9H2. The van der Waals surface area contributed by atoms with Gasteiger partial charge in [0.25, 0.3) is 0 Å². The van der Waals surface area contributed by atoms with Crippen LogP contribution in [-0.4, -0.2) is 61.1 Å². The van der Waals surface area contributed by atoms with Gasteiger partial charge < -0.3 is 15.5 Å². The summed E-state index contributed by atoms with van der Waals surface area (Å²) >= 11 is 1.94. The van der Waals surface area contributed by atoms with Crippen molar-refractivity contribution in [1.29, 1.82) is 0 Å². The van der Waals surface area contributed by atoms with E-state index in [1.54, 1.807) is 0 Å². The molecule has 2 heterocycles. The Hall–Kier alpha value is -0.260. The molecule has 0 bridgehead atoms. The van der Waals surface area contributed by atoms with Crippen LogP contribution >= 0.6 is 11.8 Å². The van der Waals surface area contributed by atoms with E-state index in [0.29, 0.717) is 12.6 Å². The summed E-state index contributed by atoms with van der Waals surface area (Å²) in [6.45, 7) is 4.53. The number of carbonyl (C=O) groups excluding carboxylic acids is 1. The van der Waals surface area contributed by atoms with E-state index in [-0.39, 0.29) is 5.91 Å². The van der Waals surface area contributed by atoms with Gasteiger partial charge in [-0.25, -0.2) is 0 Å². The Labute approximate surface area is 102 Å². The molecule has 16 heavy (non-hydrogen) atoms. The first-order valence-electron chi connectivity index (χ1n) is 6.16. The number of nitrogens with one attached hydrogen (secondary N) is 2. The monoisotopic (exact) mass is 243 g/mol. The van der Waals surface area contributed by atoms with Crippen LogP contribution < -0.4 is 10.6 Å². The van der Waals surface area contributed by atoms with E-state index in [2.05, 4.69) is 10.6 Å². The Morgan fingerprint density at radius 1 is 1.31 bits per heavy atom. The van der Waals surface area contributed by atoms with Crippen LogP contribution in [0.15, 0.2) is 0 Å². The smallest absolute Gasteiger partial charge is 0.236 e. The third kappa shape index (κ3) is 3.64. The molecular weight excluding hydrogens is 222 g/mol. The summed E-state index contributed by atoms with van der Waals surface area (Å²) in [5.74, 6) is 2.47. The Kier molecular flexibility index (Phi) is 4.93. The highest BCUT2D eigenvalue weighted by Gasteiger charge is 2.18. The van der Waals surface area contributed by atoms with E-state index in [0.717, 1.165) is 50.5 Å². The molecule has 2 aliphatic rings. The average molecular weight is 243 g/mol. The molecule has 2 N–H and O–H groups in total. The molecule has 0 aliphatic carbocycles. The SMILES string of the molecule is O=C(CNC1CCNCC1)N1CCSCC1. The number of hydrogen-bond acceptors (Lipinski definition) is 4. The van der Waals surface area contributed by atoms with Gasteiger partial charge in [-0.15, -0.1) is 0 Å². The van der Waals surface area contributed by atoms with Gasteiger partial charge in [-0.1, -0.05) is 0 Å². The zero-order valence-electron chi connectivity index (χ0n) is 9.71. The van der Waals surface area contributed by atoms with E-state index < -0.39 is 0 Å². The number of carbonyl (C=O) groups is 1. The maximum atomic E-state index is 11.9. The van der Waals surface area contributed by atoms with Gasteiger partial charge in [0, 0.05) is 30.6 Å². The Morgan fingerprint density at radius 3 is 2.69 bits per heavy atom. The maximum Gasteiger partial charge on any atom is 0.236 e. The number of hydrogen-bond donors (Lipinski definition) is 2. The quantitative estimate of drug-likeness (QED) is 0.727. The van der Waals surface area contributed by atoms with Crippen molar-refractivity contribution in [2.75, 3.05) is 44.2 Å². The summed E-state index contributed by atoms with van der Waals surface area (Å²) in [7, 11) is 0. The topological polar surface area (TPSA) is 44.4 Å². The van der Waals surface area contributed by atoms with Crippen molar-refractivity contribution in [2.24, 2.45) is 0 Å². The lowest BCUT2D eigenvalue weighted by Gasteiger charge is -2.28. The summed E-state index contributed by atoms with van der Waals surface area (Å²) in [6, 6.07) is 0.532.